The lowest BCUT2D eigenvalue weighted by molar-refractivity contribution is -0.142. The molecule has 4 atom stereocenters. The van der Waals surface area contributed by atoms with E-state index >= 15 is 0 Å². The lowest BCUT2D eigenvalue weighted by Gasteiger charge is -2.34. The molecule has 3 N–H and O–H groups in total. The van der Waals surface area contributed by atoms with E-state index in [2.05, 4.69) is 5.32 Å². The summed E-state index contributed by atoms with van der Waals surface area (Å²) in [6, 6.07) is -1.38. The van der Waals surface area contributed by atoms with Gasteiger partial charge in [-0.3, -0.25) is 9.59 Å². The maximum Gasteiger partial charge on any atom is 0.408 e. The Hall–Kier alpha value is -1.79. The fourth-order valence-electron chi connectivity index (χ4n) is 3.17. The second-order valence-electron chi connectivity index (χ2n) is 7.81. The summed E-state index contributed by atoms with van der Waals surface area (Å²) < 4.78 is 5.29. The number of hydrogen-bond donors (Lipinski definition) is 2. The molecule has 0 saturated carbocycles. The van der Waals surface area contributed by atoms with Crippen molar-refractivity contribution < 1.29 is 19.1 Å². The zero-order valence-corrected chi connectivity index (χ0v) is 16.3. The Kier molecular flexibility index (Phi) is 7.26. The first-order valence-electron chi connectivity index (χ1n) is 9.12. The smallest absolute Gasteiger partial charge is 0.408 e. The highest BCUT2D eigenvalue weighted by molar-refractivity contribution is 5.91. The number of primary amides is 1. The Bertz CT molecular complexity index is 501. The number of alkyl carbamates (subject to hydrolysis) is 1. The molecule has 0 aliphatic carbocycles. The van der Waals surface area contributed by atoms with Crippen LogP contribution in [0, 0.1) is 5.92 Å². The van der Waals surface area contributed by atoms with Crippen LogP contribution in [-0.2, 0) is 14.3 Å². The third kappa shape index (κ3) is 5.61. The van der Waals surface area contributed by atoms with Crippen LogP contribution in [0.3, 0.4) is 0 Å². The average Bonchev–Trinajstić information content (AvgIpc) is 2.93. The lowest BCUT2D eigenvalue weighted by atomic mass is 9.97. The number of ether oxygens (including phenoxy) is 1. The van der Waals surface area contributed by atoms with Crippen molar-refractivity contribution in [2.45, 2.75) is 91.0 Å². The molecule has 25 heavy (non-hydrogen) atoms. The van der Waals surface area contributed by atoms with Gasteiger partial charge >= 0.3 is 6.09 Å². The summed E-state index contributed by atoms with van der Waals surface area (Å²) in [5, 5.41) is 2.70. The van der Waals surface area contributed by atoms with Gasteiger partial charge in [0.25, 0.3) is 0 Å². The van der Waals surface area contributed by atoms with Gasteiger partial charge in [0.15, 0.2) is 0 Å². The topological polar surface area (TPSA) is 102 Å². The predicted molar refractivity (Wildman–Crippen MR) is 95.8 cm³/mol. The molecule has 3 amide bonds. The number of carbonyl (C=O) groups is 3. The van der Waals surface area contributed by atoms with Crippen LogP contribution in [0.5, 0.6) is 0 Å². The number of nitrogens with zero attached hydrogens (tertiary/aromatic N) is 1. The van der Waals surface area contributed by atoms with Gasteiger partial charge < -0.3 is 20.7 Å². The third-order valence-corrected chi connectivity index (χ3v) is 4.71. The standard InChI is InChI=1S/C18H33N3O4/c1-7-11(3)14(20-17(24)25-18(4,5)6)16(23)21-12(8-2)9-10-13(21)15(19)22/h11-14H,7-10H2,1-6H3,(H2,19,22)(H,20,24)/t11?,12?,13-,14?/m0/s1. The van der Waals surface area contributed by atoms with Crippen LogP contribution in [0.15, 0.2) is 0 Å². The fraction of sp³-hybridized carbons (Fsp3) is 0.833. The normalized spacial score (nSPS) is 23.0. The van der Waals surface area contributed by atoms with E-state index in [1.54, 1.807) is 25.7 Å². The molecule has 1 heterocycles. The van der Waals surface area contributed by atoms with Gasteiger partial charge in [0.2, 0.25) is 11.8 Å². The van der Waals surface area contributed by atoms with Crippen LogP contribution in [0.4, 0.5) is 4.79 Å². The van der Waals surface area contributed by atoms with E-state index in [0.29, 0.717) is 12.8 Å². The zero-order chi connectivity index (χ0) is 19.4. The zero-order valence-electron chi connectivity index (χ0n) is 16.3. The molecule has 3 unspecified atom stereocenters. The Balaban J connectivity index is 3.02. The maximum atomic E-state index is 13.2. The fourth-order valence-corrected chi connectivity index (χ4v) is 3.17. The first-order chi connectivity index (χ1) is 11.5. The molecule has 1 rings (SSSR count). The van der Waals surface area contributed by atoms with Gasteiger partial charge in [-0.1, -0.05) is 27.2 Å². The minimum Gasteiger partial charge on any atom is -0.444 e. The van der Waals surface area contributed by atoms with Crippen LogP contribution < -0.4 is 11.1 Å². The van der Waals surface area contributed by atoms with E-state index in [4.69, 9.17) is 10.5 Å². The monoisotopic (exact) mass is 355 g/mol. The maximum absolute atomic E-state index is 13.2. The molecule has 0 spiro atoms. The van der Waals surface area contributed by atoms with Gasteiger partial charge in [-0.2, -0.15) is 0 Å². The van der Waals surface area contributed by atoms with Crippen molar-refractivity contribution in [2.24, 2.45) is 11.7 Å². The average molecular weight is 355 g/mol. The molecule has 0 aromatic carbocycles. The van der Waals surface area contributed by atoms with Crippen molar-refractivity contribution in [1.29, 1.82) is 0 Å². The number of hydrogen-bond acceptors (Lipinski definition) is 4. The van der Waals surface area contributed by atoms with Crippen LogP contribution in [0.1, 0.15) is 67.2 Å². The first-order valence-corrected chi connectivity index (χ1v) is 9.12. The van der Waals surface area contributed by atoms with Crippen molar-refractivity contribution in [3.05, 3.63) is 0 Å². The highest BCUT2D eigenvalue weighted by Gasteiger charge is 2.43. The van der Waals surface area contributed by atoms with E-state index in [0.717, 1.165) is 12.8 Å². The summed E-state index contributed by atoms with van der Waals surface area (Å²) in [5.41, 5.74) is 4.84. The van der Waals surface area contributed by atoms with E-state index in [9.17, 15) is 14.4 Å². The largest absolute Gasteiger partial charge is 0.444 e. The molecule has 0 aromatic rings. The van der Waals surface area contributed by atoms with Gasteiger partial charge in [0.05, 0.1) is 0 Å². The summed E-state index contributed by atoms with van der Waals surface area (Å²) >= 11 is 0. The van der Waals surface area contributed by atoms with Gasteiger partial charge in [-0.05, 0) is 46.0 Å². The summed E-state index contributed by atoms with van der Waals surface area (Å²) in [7, 11) is 0. The van der Waals surface area contributed by atoms with Gasteiger partial charge in [-0.15, -0.1) is 0 Å². The Morgan fingerprint density at radius 1 is 1.24 bits per heavy atom. The molecule has 7 nitrogen and oxygen atoms in total. The number of nitrogens with two attached hydrogens (primary N) is 1. The molecule has 1 aliphatic heterocycles. The Morgan fingerprint density at radius 3 is 2.28 bits per heavy atom. The van der Waals surface area contributed by atoms with Crippen molar-refractivity contribution in [3.63, 3.8) is 0 Å². The van der Waals surface area contributed by atoms with Gasteiger partial charge in [0.1, 0.15) is 17.7 Å². The molecule has 1 saturated heterocycles. The molecular formula is C18H33N3O4. The number of carbonyl (C=O) groups excluding carboxylic acids is 3. The molecule has 1 aliphatic rings. The molecule has 144 valence electrons. The third-order valence-electron chi connectivity index (χ3n) is 4.71. The molecule has 7 heteroatoms. The molecular weight excluding hydrogens is 322 g/mol. The number of amides is 3. The van der Waals surface area contributed by atoms with E-state index in [-0.39, 0.29) is 17.9 Å². The van der Waals surface area contributed by atoms with Crippen molar-refractivity contribution in [3.8, 4) is 0 Å². The summed E-state index contributed by atoms with van der Waals surface area (Å²) in [4.78, 5) is 38.7. The molecule has 0 bridgehead atoms. The first kappa shape index (κ1) is 21.3. The van der Waals surface area contributed by atoms with Crippen LogP contribution >= 0.6 is 0 Å². The van der Waals surface area contributed by atoms with E-state index in [1.807, 2.05) is 20.8 Å². The highest BCUT2D eigenvalue weighted by atomic mass is 16.6. The van der Waals surface area contributed by atoms with E-state index in [1.165, 1.54) is 0 Å². The quantitative estimate of drug-likeness (QED) is 0.762. The van der Waals surface area contributed by atoms with Crippen molar-refractivity contribution in [1.82, 2.24) is 10.2 Å². The van der Waals surface area contributed by atoms with Crippen molar-refractivity contribution >= 4 is 17.9 Å². The van der Waals surface area contributed by atoms with Crippen LogP contribution in [0.25, 0.3) is 0 Å². The summed E-state index contributed by atoms with van der Waals surface area (Å²) in [6.45, 7) is 11.1. The summed E-state index contributed by atoms with van der Waals surface area (Å²) in [6.07, 6.45) is 2.14. The summed E-state index contributed by atoms with van der Waals surface area (Å²) in [5.74, 6) is -0.843. The second-order valence-corrected chi connectivity index (χ2v) is 7.81. The second kappa shape index (κ2) is 8.54. The van der Waals surface area contributed by atoms with E-state index < -0.39 is 29.7 Å². The Labute approximate surface area is 150 Å². The van der Waals surface area contributed by atoms with Crippen molar-refractivity contribution in [2.75, 3.05) is 0 Å². The SMILES string of the molecule is CCC(C)C(NC(=O)OC(C)(C)C)C(=O)N1C(CC)CC[C@H]1C(N)=O. The minimum absolute atomic E-state index is 0.0306. The van der Waals surface area contributed by atoms with Crippen LogP contribution in [-0.4, -0.2) is 46.5 Å². The predicted octanol–water partition coefficient (Wildman–Crippen LogP) is 2.18. The lowest BCUT2D eigenvalue weighted by Crippen LogP contribution is -2.57. The number of likely N-dealkylation sites (tertiary alicyclic amines) is 1. The molecule has 1 fully saturated rings. The number of nitrogens with one attached hydrogen (secondary N) is 1. The van der Waals surface area contributed by atoms with Crippen LogP contribution in [0.2, 0.25) is 0 Å². The molecule has 0 aromatic heterocycles. The Morgan fingerprint density at radius 2 is 1.84 bits per heavy atom. The van der Waals surface area contributed by atoms with Gasteiger partial charge in [-0.25, -0.2) is 4.79 Å². The minimum atomic E-state index is -0.742. The highest BCUT2D eigenvalue weighted by Crippen LogP contribution is 2.28. The molecule has 0 radical (unpaired) electrons. The number of rotatable bonds is 6. The van der Waals surface area contributed by atoms with Gasteiger partial charge in [0, 0.05) is 6.04 Å².